The molecule has 1 saturated heterocycles. The van der Waals surface area contributed by atoms with E-state index in [1.165, 1.54) is 16.8 Å². The molecular formula is C38H37ClN8O4S. The summed E-state index contributed by atoms with van der Waals surface area (Å²) in [5.41, 5.74) is 3.47. The van der Waals surface area contributed by atoms with Gasteiger partial charge >= 0.3 is 0 Å². The zero-order chi connectivity index (χ0) is 36.4. The zero-order valence-electron chi connectivity index (χ0n) is 28.7. The number of piperazine rings is 1. The number of para-hydroxylation sites is 2. The summed E-state index contributed by atoms with van der Waals surface area (Å²) >= 11 is 6.34. The number of nitrogens with one attached hydrogen (secondary N) is 2. The van der Waals surface area contributed by atoms with Gasteiger partial charge in [-0.2, -0.15) is 0 Å². The van der Waals surface area contributed by atoms with E-state index in [2.05, 4.69) is 32.0 Å². The van der Waals surface area contributed by atoms with E-state index in [0.29, 0.717) is 37.0 Å². The van der Waals surface area contributed by atoms with Crippen LogP contribution in [0.1, 0.15) is 12.1 Å². The molecule has 4 aromatic carbocycles. The highest BCUT2D eigenvalue weighted by atomic mass is 35.5. The number of hydrogen-bond donors (Lipinski definition) is 2. The van der Waals surface area contributed by atoms with Crippen LogP contribution in [0.25, 0.3) is 27.8 Å². The van der Waals surface area contributed by atoms with Gasteiger partial charge in [0.1, 0.15) is 10.6 Å². The second-order valence-corrected chi connectivity index (χ2v) is 14.6. The predicted molar refractivity (Wildman–Crippen MR) is 205 cm³/mol. The van der Waals surface area contributed by atoms with E-state index in [1.807, 2.05) is 48.5 Å². The van der Waals surface area contributed by atoms with Crippen LogP contribution >= 0.6 is 11.6 Å². The Morgan fingerprint density at radius 2 is 1.54 bits per heavy atom. The summed E-state index contributed by atoms with van der Waals surface area (Å²) in [5, 5.41) is 3.75. The molecule has 0 atom stereocenters. The third-order valence-corrected chi connectivity index (χ3v) is 11.1. The Balaban J connectivity index is 0.979. The molecule has 2 aromatic heterocycles. The number of benzene rings is 4. The number of hydrogen-bond acceptors (Lipinski definition) is 8. The average Bonchev–Trinajstić information content (AvgIpc) is 3.37. The molecule has 0 aliphatic carbocycles. The van der Waals surface area contributed by atoms with E-state index < -0.39 is 15.6 Å². The van der Waals surface area contributed by atoms with Crippen LogP contribution in [0.3, 0.4) is 0 Å². The zero-order valence-corrected chi connectivity index (χ0v) is 30.2. The summed E-state index contributed by atoms with van der Waals surface area (Å²) in [4.78, 5) is 40.3. The van der Waals surface area contributed by atoms with E-state index in [4.69, 9.17) is 21.6 Å². The molecule has 2 N–H and O–H groups in total. The molecule has 0 saturated carbocycles. The molecular weight excluding hydrogens is 700 g/mol. The predicted octanol–water partition coefficient (Wildman–Crippen LogP) is 5.70. The second kappa shape index (κ2) is 14.6. The summed E-state index contributed by atoms with van der Waals surface area (Å²) in [6, 6.07) is 31.3. The number of rotatable bonds is 10. The molecule has 266 valence electrons. The van der Waals surface area contributed by atoms with Crippen molar-refractivity contribution in [2.24, 2.45) is 7.05 Å². The third-order valence-electron chi connectivity index (χ3n) is 9.24. The SMILES string of the molecule is Cc1c(NS(=O)(=O)c2cc(NC(=O)CCN3CCN(c4nc(-c5ccccc5)c5ccccc5n4)CC3)ccc2Cl)c(=O)n(-c2ccccc2)n1C. The molecule has 1 amide bonds. The van der Waals surface area contributed by atoms with Gasteiger partial charge in [0.2, 0.25) is 11.9 Å². The molecule has 0 spiro atoms. The van der Waals surface area contributed by atoms with Gasteiger partial charge < -0.3 is 10.2 Å². The van der Waals surface area contributed by atoms with Crippen LogP contribution in [0.5, 0.6) is 0 Å². The lowest BCUT2D eigenvalue weighted by atomic mass is 10.1. The van der Waals surface area contributed by atoms with Gasteiger partial charge in [-0.1, -0.05) is 78.3 Å². The largest absolute Gasteiger partial charge is 0.338 e. The van der Waals surface area contributed by atoms with Crippen molar-refractivity contribution in [1.82, 2.24) is 24.2 Å². The van der Waals surface area contributed by atoms with E-state index in [0.717, 1.165) is 35.2 Å². The van der Waals surface area contributed by atoms with Crippen LogP contribution in [0, 0.1) is 6.92 Å². The number of anilines is 3. The maximum absolute atomic E-state index is 13.6. The van der Waals surface area contributed by atoms with Crippen molar-refractivity contribution in [1.29, 1.82) is 0 Å². The van der Waals surface area contributed by atoms with Gasteiger partial charge in [0, 0.05) is 62.8 Å². The standard InChI is InChI=1S/C38H37ClN8O4S/c1-26-35(37(49)47(44(26)2)29-13-7-4-8-14-29)43-52(50,51)33-25-28(17-18-31(33)39)40-34(48)19-20-45-21-23-46(24-22-45)38-41-32-16-10-9-15-30(32)36(42-38)27-11-5-3-6-12-27/h3-18,25,43H,19-24H2,1-2H3,(H,40,48). The van der Waals surface area contributed by atoms with Gasteiger partial charge in [0.15, 0.2) is 0 Å². The first-order valence-corrected chi connectivity index (χ1v) is 18.7. The fourth-order valence-corrected chi connectivity index (χ4v) is 7.98. The van der Waals surface area contributed by atoms with Gasteiger partial charge in [-0.3, -0.25) is 23.9 Å². The summed E-state index contributed by atoms with van der Waals surface area (Å²) < 4.78 is 32.5. The van der Waals surface area contributed by atoms with Crippen molar-refractivity contribution in [3.8, 4) is 16.9 Å². The minimum Gasteiger partial charge on any atom is -0.338 e. The number of fused-ring (bicyclic) bond motifs is 1. The molecule has 1 aliphatic rings. The summed E-state index contributed by atoms with van der Waals surface area (Å²) in [5.74, 6) is 0.415. The lowest BCUT2D eigenvalue weighted by Gasteiger charge is -2.34. The van der Waals surface area contributed by atoms with Crippen molar-refractivity contribution in [3.05, 3.63) is 124 Å². The number of aromatic nitrogens is 4. The Bertz CT molecular complexity index is 2430. The molecule has 12 nitrogen and oxygen atoms in total. The molecule has 1 aliphatic heterocycles. The van der Waals surface area contributed by atoms with Crippen molar-refractivity contribution >= 4 is 55.8 Å². The Morgan fingerprint density at radius 1 is 0.865 bits per heavy atom. The molecule has 7 rings (SSSR count). The van der Waals surface area contributed by atoms with Crippen LogP contribution in [0.15, 0.2) is 113 Å². The van der Waals surface area contributed by atoms with Crippen LogP contribution in [0.4, 0.5) is 17.3 Å². The highest BCUT2D eigenvalue weighted by Crippen LogP contribution is 2.30. The monoisotopic (exact) mass is 736 g/mol. The number of carbonyl (C=O) groups is 1. The molecule has 0 unspecified atom stereocenters. The maximum Gasteiger partial charge on any atom is 0.296 e. The fraction of sp³-hybridized carbons (Fsp3) is 0.211. The van der Waals surface area contributed by atoms with Crippen molar-refractivity contribution < 1.29 is 13.2 Å². The van der Waals surface area contributed by atoms with E-state index >= 15 is 0 Å². The molecule has 52 heavy (non-hydrogen) atoms. The Labute approximate surface area is 306 Å². The van der Waals surface area contributed by atoms with Crippen molar-refractivity contribution in [2.75, 3.05) is 47.7 Å². The Kier molecular flexibility index (Phi) is 9.82. The quantitative estimate of drug-likeness (QED) is 0.183. The van der Waals surface area contributed by atoms with Gasteiger partial charge in [-0.05, 0) is 43.3 Å². The number of sulfonamides is 1. The number of carbonyl (C=O) groups excluding carboxylic acids is 1. The van der Waals surface area contributed by atoms with E-state index in [-0.39, 0.29) is 33.6 Å². The first kappa shape index (κ1) is 34.9. The van der Waals surface area contributed by atoms with Gasteiger partial charge in [-0.15, -0.1) is 0 Å². The number of halogens is 1. The number of nitrogens with zero attached hydrogens (tertiary/aromatic N) is 6. The summed E-state index contributed by atoms with van der Waals surface area (Å²) in [7, 11) is -2.63. The van der Waals surface area contributed by atoms with Crippen LogP contribution in [0.2, 0.25) is 5.02 Å². The lowest BCUT2D eigenvalue weighted by Crippen LogP contribution is -2.47. The second-order valence-electron chi connectivity index (χ2n) is 12.6. The highest BCUT2D eigenvalue weighted by molar-refractivity contribution is 7.92. The highest BCUT2D eigenvalue weighted by Gasteiger charge is 2.26. The van der Waals surface area contributed by atoms with Crippen molar-refractivity contribution in [3.63, 3.8) is 0 Å². The lowest BCUT2D eigenvalue weighted by molar-refractivity contribution is -0.116. The van der Waals surface area contributed by atoms with Gasteiger partial charge in [-0.25, -0.2) is 23.1 Å². The first-order valence-electron chi connectivity index (χ1n) is 16.8. The minimum atomic E-state index is -4.30. The Morgan fingerprint density at radius 3 is 2.27 bits per heavy atom. The third kappa shape index (κ3) is 7.15. The van der Waals surface area contributed by atoms with Crippen LogP contribution < -0.4 is 20.5 Å². The molecule has 0 bridgehead atoms. The Hall–Kier alpha value is -5.50. The summed E-state index contributed by atoms with van der Waals surface area (Å²) in [6.45, 7) is 5.03. The van der Waals surface area contributed by atoms with Gasteiger partial charge in [0.25, 0.3) is 15.6 Å². The topological polar surface area (TPSA) is 134 Å². The van der Waals surface area contributed by atoms with Crippen LogP contribution in [-0.2, 0) is 21.9 Å². The fourth-order valence-electron chi connectivity index (χ4n) is 6.34. The molecule has 14 heteroatoms. The van der Waals surface area contributed by atoms with Gasteiger partial charge in [0.05, 0.1) is 27.6 Å². The van der Waals surface area contributed by atoms with Crippen LogP contribution in [-0.4, -0.2) is 71.3 Å². The minimum absolute atomic E-state index is 0.0494. The molecule has 3 heterocycles. The maximum atomic E-state index is 13.6. The number of amides is 1. The first-order chi connectivity index (χ1) is 25.1. The molecule has 6 aromatic rings. The van der Waals surface area contributed by atoms with E-state index in [1.54, 1.807) is 49.0 Å². The van der Waals surface area contributed by atoms with E-state index in [9.17, 15) is 18.0 Å². The normalized spacial score (nSPS) is 13.7. The molecule has 0 radical (unpaired) electrons. The summed E-state index contributed by atoms with van der Waals surface area (Å²) in [6.07, 6.45) is 0.204. The smallest absolute Gasteiger partial charge is 0.296 e. The van der Waals surface area contributed by atoms with Crippen molar-refractivity contribution in [2.45, 2.75) is 18.2 Å². The molecule has 1 fully saturated rings. The average molecular weight is 737 g/mol.